The van der Waals surface area contributed by atoms with Crippen molar-refractivity contribution in [3.8, 4) is 17.2 Å². The molecule has 1 unspecified atom stereocenters. The molecule has 1 aromatic carbocycles. The second-order valence-electron chi connectivity index (χ2n) is 5.31. The largest absolute Gasteiger partial charge is 0.493 e. The van der Waals surface area contributed by atoms with Crippen LogP contribution in [0.2, 0.25) is 0 Å². The number of methoxy groups -OCH3 is 3. The van der Waals surface area contributed by atoms with Crippen LogP contribution in [0.25, 0.3) is 0 Å². The Hall–Kier alpha value is -1.58. The summed E-state index contributed by atoms with van der Waals surface area (Å²) in [5.41, 5.74) is 0.993. The quantitative estimate of drug-likeness (QED) is 0.646. The molecular weight excluding hydrogens is 266 g/mol. The zero-order chi connectivity index (χ0) is 15.7. The average Bonchev–Trinajstić information content (AvgIpc) is 2.50. The van der Waals surface area contributed by atoms with E-state index in [-0.39, 0.29) is 0 Å². The zero-order valence-corrected chi connectivity index (χ0v) is 14.0. The number of ether oxygens (including phenoxy) is 3. The maximum Gasteiger partial charge on any atom is 0.203 e. The number of benzene rings is 1. The van der Waals surface area contributed by atoms with Gasteiger partial charge in [0.1, 0.15) is 0 Å². The molecule has 0 fully saturated rings. The molecule has 0 aliphatic heterocycles. The van der Waals surface area contributed by atoms with E-state index in [2.05, 4.69) is 19.2 Å². The Balaban J connectivity index is 2.70. The number of anilines is 1. The van der Waals surface area contributed by atoms with Crippen molar-refractivity contribution in [3.63, 3.8) is 0 Å². The van der Waals surface area contributed by atoms with Crippen molar-refractivity contribution in [3.05, 3.63) is 12.1 Å². The zero-order valence-electron chi connectivity index (χ0n) is 14.0. The Morgan fingerprint density at radius 1 is 0.952 bits per heavy atom. The summed E-state index contributed by atoms with van der Waals surface area (Å²) < 4.78 is 16.1. The van der Waals surface area contributed by atoms with Crippen LogP contribution < -0.4 is 19.5 Å². The normalized spacial score (nSPS) is 11.9. The third-order valence-corrected chi connectivity index (χ3v) is 3.57. The van der Waals surface area contributed by atoms with Crippen LogP contribution in [0.4, 0.5) is 5.69 Å². The summed E-state index contributed by atoms with van der Waals surface area (Å²) in [6.45, 7) is 4.44. The summed E-state index contributed by atoms with van der Waals surface area (Å²) in [5.74, 6) is 1.98. The molecule has 0 aromatic heterocycles. The molecule has 4 nitrogen and oxygen atoms in total. The standard InChI is InChI=1S/C17H29NO3/c1-6-7-8-9-10-13(2)18-14-11-15(19-3)17(21-5)16(12-14)20-4/h11-13,18H,6-10H2,1-5H3. The molecular formula is C17H29NO3. The van der Waals surface area contributed by atoms with E-state index in [1.165, 1.54) is 25.7 Å². The van der Waals surface area contributed by atoms with Gasteiger partial charge >= 0.3 is 0 Å². The highest BCUT2D eigenvalue weighted by molar-refractivity contribution is 5.62. The van der Waals surface area contributed by atoms with E-state index in [1.54, 1.807) is 21.3 Å². The smallest absolute Gasteiger partial charge is 0.203 e. The molecule has 21 heavy (non-hydrogen) atoms. The van der Waals surface area contributed by atoms with Gasteiger partial charge in [-0.2, -0.15) is 0 Å². The molecule has 0 aliphatic carbocycles. The molecule has 1 N–H and O–H groups in total. The lowest BCUT2D eigenvalue weighted by atomic mass is 10.1. The van der Waals surface area contributed by atoms with E-state index in [0.717, 1.165) is 12.1 Å². The Morgan fingerprint density at radius 3 is 2.05 bits per heavy atom. The van der Waals surface area contributed by atoms with Gasteiger partial charge in [0.05, 0.1) is 21.3 Å². The highest BCUT2D eigenvalue weighted by Gasteiger charge is 2.14. The van der Waals surface area contributed by atoms with Gasteiger partial charge in [-0.3, -0.25) is 0 Å². The van der Waals surface area contributed by atoms with Crippen LogP contribution in [-0.2, 0) is 0 Å². The van der Waals surface area contributed by atoms with Crippen LogP contribution in [0.3, 0.4) is 0 Å². The van der Waals surface area contributed by atoms with E-state index in [1.807, 2.05) is 12.1 Å². The molecule has 0 saturated carbocycles. The molecule has 0 aliphatic rings. The van der Waals surface area contributed by atoms with Crippen LogP contribution in [0, 0.1) is 0 Å². The average molecular weight is 295 g/mol. The summed E-state index contributed by atoms with van der Waals surface area (Å²) in [5, 5.41) is 3.50. The van der Waals surface area contributed by atoms with Crippen molar-refractivity contribution in [2.75, 3.05) is 26.6 Å². The molecule has 0 saturated heterocycles. The van der Waals surface area contributed by atoms with Crippen molar-refractivity contribution in [2.24, 2.45) is 0 Å². The van der Waals surface area contributed by atoms with E-state index in [9.17, 15) is 0 Å². The monoisotopic (exact) mass is 295 g/mol. The van der Waals surface area contributed by atoms with Gasteiger partial charge in [0, 0.05) is 23.9 Å². The second-order valence-corrected chi connectivity index (χ2v) is 5.31. The van der Waals surface area contributed by atoms with Gasteiger partial charge in [-0.05, 0) is 13.3 Å². The van der Waals surface area contributed by atoms with Crippen molar-refractivity contribution in [1.29, 1.82) is 0 Å². The summed E-state index contributed by atoms with van der Waals surface area (Å²) in [6, 6.07) is 4.32. The van der Waals surface area contributed by atoms with Gasteiger partial charge in [0.25, 0.3) is 0 Å². The minimum Gasteiger partial charge on any atom is -0.493 e. The molecule has 4 heteroatoms. The summed E-state index contributed by atoms with van der Waals surface area (Å²) in [4.78, 5) is 0. The van der Waals surface area contributed by atoms with Crippen LogP contribution in [0.1, 0.15) is 46.0 Å². The van der Waals surface area contributed by atoms with Crippen molar-refractivity contribution in [2.45, 2.75) is 52.0 Å². The van der Waals surface area contributed by atoms with E-state index in [0.29, 0.717) is 23.3 Å². The van der Waals surface area contributed by atoms with Gasteiger partial charge < -0.3 is 19.5 Å². The van der Waals surface area contributed by atoms with Crippen molar-refractivity contribution >= 4 is 5.69 Å². The lowest BCUT2D eigenvalue weighted by Crippen LogP contribution is -2.15. The molecule has 120 valence electrons. The highest BCUT2D eigenvalue weighted by Crippen LogP contribution is 2.40. The molecule has 0 bridgehead atoms. The first kappa shape index (κ1) is 17.5. The van der Waals surface area contributed by atoms with E-state index < -0.39 is 0 Å². The minimum atomic E-state index is 0.421. The van der Waals surface area contributed by atoms with Gasteiger partial charge in [-0.15, -0.1) is 0 Å². The second kappa shape index (κ2) is 9.37. The molecule has 1 atom stereocenters. The minimum absolute atomic E-state index is 0.421. The topological polar surface area (TPSA) is 39.7 Å². The van der Waals surface area contributed by atoms with Crippen molar-refractivity contribution < 1.29 is 14.2 Å². The summed E-state index contributed by atoms with van der Waals surface area (Å²) in [7, 11) is 4.88. The number of hydrogen-bond acceptors (Lipinski definition) is 4. The summed E-state index contributed by atoms with van der Waals surface area (Å²) >= 11 is 0. The number of rotatable bonds is 10. The SMILES string of the molecule is CCCCCCC(C)Nc1cc(OC)c(OC)c(OC)c1. The Labute approximate surface area is 128 Å². The van der Waals surface area contributed by atoms with Crippen molar-refractivity contribution in [1.82, 2.24) is 0 Å². The molecule has 0 amide bonds. The predicted molar refractivity (Wildman–Crippen MR) is 87.9 cm³/mol. The fraction of sp³-hybridized carbons (Fsp3) is 0.647. The lowest BCUT2D eigenvalue weighted by Gasteiger charge is -2.18. The first-order valence-electron chi connectivity index (χ1n) is 7.72. The van der Waals surface area contributed by atoms with Gasteiger partial charge in [0.15, 0.2) is 11.5 Å². The first-order valence-corrected chi connectivity index (χ1v) is 7.72. The highest BCUT2D eigenvalue weighted by atomic mass is 16.5. The fourth-order valence-corrected chi connectivity index (χ4v) is 2.40. The lowest BCUT2D eigenvalue weighted by molar-refractivity contribution is 0.324. The third kappa shape index (κ3) is 5.37. The maximum atomic E-state index is 5.37. The van der Waals surface area contributed by atoms with Gasteiger partial charge in [-0.1, -0.05) is 32.6 Å². The molecule has 1 rings (SSSR count). The van der Waals surface area contributed by atoms with Crippen LogP contribution in [0.5, 0.6) is 17.2 Å². The Kier molecular flexibility index (Phi) is 7.80. The fourth-order valence-electron chi connectivity index (χ4n) is 2.40. The molecule has 0 heterocycles. The molecule has 0 spiro atoms. The van der Waals surface area contributed by atoms with E-state index >= 15 is 0 Å². The first-order chi connectivity index (χ1) is 10.2. The van der Waals surface area contributed by atoms with Crippen LogP contribution in [0.15, 0.2) is 12.1 Å². The van der Waals surface area contributed by atoms with Crippen LogP contribution >= 0.6 is 0 Å². The number of hydrogen-bond donors (Lipinski definition) is 1. The van der Waals surface area contributed by atoms with Crippen LogP contribution in [-0.4, -0.2) is 27.4 Å². The Bertz CT molecular complexity index is 395. The summed E-state index contributed by atoms with van der Waals surface area (Å²) in [6.07, 6.45) is 6.31. The third-order valence-electron chi connectivity index (χ3n) is 3.57. The number of nitrogens with one attached hydrogen (secondary N) is 1. The molecule has 1 aromatic rings. The number of unbranched alkanes of at least 4 members (excludes halogenated alkanes) is 3. The van der Waals surface area contributed by atoms with Gasteiger partial charge in [-0.25, -0.2) is 0 Å². The maximum absolute atomic E-state index is 5.37. The van der Waals surface area contributed by atoms with E-state index in [4.69, 9.17) is 14.2 Å². The molecule has 0 radical (unpaired) electrons. The predicted octanol–water partition coefficient (Wildman–Crippen LogP) is 4.48. The Morgan fingerprint density at radius 2 is 1.57 bits per heavy atom. The van der Waals surface area contributed by atoms with Gasteiger partial charge in [0.2, 0.25) is 5.75 Å².